The maximum absolute atomic E-state index is 15.0. The highest BCUT2D eigenvalue weighted by Gasteiger charge is 2.38. The third kappa shape index (κ3) is 9.63. The number of aromatic nitrogens is 4. The Morgan fingerprint density at radius 1 is 1.05 bits per heavy atom. The van der Waals surface area contributed by atoms with E-state index < -0.39 is 15.8 Å². The van der Waals surface area contributed by atoms with Gasteiger partial charge in [-0.1, -0.05) is 36.7 Å². The topological polar surface area (TPSA) is 136 Å². The number of ether oxygens (including phenoxy) is 3. The number of halogens is 1. The van der Waals surface area contributed by atoms with Gasteiger partial charge >= 0.3 is 0 Å². The van der Waals surface area contributed by atoms with E-state index in [9.17, 15) is 4.79 Å². The van der Waals surface area contributed by atoms with Crippen molar-refractivity contribution >= 4 is 50.0 Å². The molecule has 15 heteroatoms. The minimum absolute atomic E-state index is 0.0735. The van der Waals surface area contributed by atoms with Crippen molar-refractivity contribution in [3.05, 3.63) is 82.8 Å². The van der Waals surface area contributed by atoms with Gasteiger partial charge in [-0.15, -0.1) is 4.36 Å². The maximum Gasteiger partial charge on any atom is 0.286 e. The van der Waals surface area contributed by atoms with E-state index in [0.29, 0.717) is 66.2 Å². The van der Waals surface area contributed by atoms with Crippen molar-refractivity contribution in [3.63, 3.8) is 0 Å². The smallest absolute Gasteiger partial charge is 0.286 e. The Labute approximate surface area is 340 Å². The molecule has 2 aromatic carbocycles. The predicted molar refractivity (Wildman–Crippen MR) is 223 cm³/mol. The van der Waals surface area contributed by atoms with E-state index in [1.165, 1.54) is 17.5 Å². The van der Waals surface area contributed by atoms with Gasteiger partial charge in [-0.2, -0.15) is 5.10 Å². The Balaban J connectivity index is 1.19. The lowest BCUT2D eigenvalue weighted by Gasteiger charge is -2.44. The van der Waals surface area contributed by atoms with Crippen LogP contribution in [0.4, 0.5) is 11.5 Å². The Hall–Kier alpha value is -4.08. The second-order valence-corrected chi connectivity index (χ2v) is 18.3. The summed E-state index contributed by atoms with van der Waals surface area (Å²) < 4.78 is 43.1. The van der Waals surface area contributed by atoms with Crippen LogP contribution in [0.25, 0.3) is 11.0 Å². The Morgan fingerprint density at radius 2 is 1.93 bits per heavy atom. The van der Waals surface area contributed by atoms with E-state index >= 15 is 4.21 Å². The molecule has 1 saturated carbocycles. The number of benzene rings is 2. The van der Waals surface area contributed by atoms with Crippen LogP contribution in [0.3, 0.4) is 0 Å². The zero-order valence-corrected chi connectivity index (χ0v) is 34.4. The second-order valence-electron chi connectivity index (χ2n) is 15.9. The molecule has 13 nitrogen and oxygen atoms in total. The number of allylic oxidation sites excluding steroid dienone is 1. The Bertz CT molecular complexity index is 2220. The van der Waals surface area contributed by atoms with Gasteiger partial charge in [0.15, 0.2) is 11.5 Å². The number of fused-ring (bicyclic) bond motifs is 4. The van der Waals surface area contributed by atoms with Gasteiger partial charge in [0.2, 0.25) is 0 Å². The van der Waals surface area contributed by atoms with Crippen LogP contribution < -0.4 is 14.4 Å². The molecule has 1 aliphatic carbocycles. The number of anilines is 2. The van der Waals surface area contributed by atoms with E-state index in [-0.39, 0.29) is 17.8 Å². The maximum atomic E-state index is 15.0. The lowest BCUT2D eigenvalue weighted by atomic mass is 9.70. The number of hydrogen-bond donors (Lipinski definition) is 1. The third-order valence-corrected chi connectivity index (χ3v) is 13.9. The van der Waals surface area contributed by atoms with Gasteiger partial charge in [-0.3, -0.25) is 19.1 Å². The molecular formula is C42H53ClN8O5S. The van der Waals surface area contributed by atoms with Gasteiger partial charge in [0, 0.05) is 56.6 Å². The fraction of sp³-hybridized carbons (Fsp3) is 0.524. The molecule has 2 aromatic heterocycles. The lowest BCUT2D eigenvalue weighted by molar-refractivity contribution is -0.0314. The van der Waals surface area contributed by atoms with Gasteiger partial charge in [0.25, 0.3) is 5.91 Å². The number of carbonyl (C=O) groups excluding carboxylic acids is 1. The van der Waals surface area contributed by atoms with Crippen molar-refractivity contribution in [2.45, 2.75) is 58.1 Å². The van der Waals surface area contributed by atoms with E-state index in [1.54, 1.807) is 24.0 Å². The van der Waals surface area contributed by atoms with Gasteiger partial charge in [-0.05, 0) is 97.7 Å². The molecule has 2 bridgehead atoms. The van der Waals surface area contributed by atoms with E-state index in [0.717, 1.165) is 82.2 Å². The summed E-state index contributed by atoms with van der Waals surface area (Å²) in [5.41, 5.74) is 4.04. The van der Waals surface area contributed by atoms with Crippen molar-refractivity contribution in [2.75, 3.05) is 68.0 Å². The normalized spacial score (nSPS) is 26.9. The molecule has 57 heavy (non-hydrogen) atoms. The zero-order valence-electron chi connectivity index (χ0n) is 32.9. The van der Waals surface area contributed by atoms with Crippen LogP contribution in [-0.4, -0.2) is 99.2 Å². The molecule has 1 amide bonds. The number of amides is 1. The fourth-order valence-electron chi connectivity index (χ4n) is 8.43. The molecule has 8 rings (SSSR count). The van der Waals surface area contributed by atoms with Gasteiger partial charge in [-0.25, -0.2) is 14.2 Å². The highest BCUT2D eigenvalue weighted by Crippen LogP contribution is 2.42. The first kappa shape index (κ1) is 39.7. The monoisotopic (exact) mass is 816 g/mol. The van der Waals surface area contributed by atoms with Crippen LogP contribution in [0.2, 0.25) is 5.02 Å². The summed E-state index contributed by atoms with van der Waals surface area (Å²) in [5.74, 6) is 1.15. The quantitative estimate of drug-likeness (QED) is 0.209. The van der Waals surface area contributed by atoms with E-state index in [1.807, 2.05) is 25.1 Å². The SMILES string of the molecule is C[C@H]1C/C=C/[C@H](OCCN2CCOCC2)[C@@H]2CC[C@H]2CN2Cc3ccc(Cl)cc3CCCCOc3ccc(cc32)C(=O)N=S(=O)(Nc2ncnc3nn(C)cc23)C1. The van der Waals surface area contributed by atoms with Crippen molar-refractivity contribution in [2.24, 2.45) is 29.2 Å². The first-order valence-electron chi connectivity index (χ1n) is 20.3. The molecule has 5 atom stereocenters. The van der Waals surface area contributed by atoms with Crippen LogP contribution in [0.1, 0.15) is 60.5 Å². The fourth-order valence-corrected chi connectivity index (χ4v) is 10.6. The molecule has 1 N–H and O–H groups in total. The number of aryl methyl sites for hydroxylation is 2. The average Bonchev–Trinajstić information content (AvgIpc) is 3.56. The highest BCUT2D eigenvalue weighted by molar-refractivity contribution is 7.95. The summed E-state index contributed by atoms with van der Waals surface area (Å²) in [6, 6.07) is 11.7. The summed E-state index contributed by atoms with van der Waals surface area (Å²) in [4.78, 5) is 27.7. The number of nitrogens with one attached hydrogen (secondary N) is 1. The minimum atomic E-state index is -3.40. The third-order valence-electron chi connectivity index (χ3n) is 11.6. The van der Waals surface area contributed by atoms with Crippen molar-refractivity contribution in [3.8, 4) is 5.75 Å². The Morgan fingerprint density at radius 3 is 2.77 bits per heavy atom. The zero-order chi connectivity index (χ0) is 39.4. The summed E-state index contributed by atoms with van der Waals surface area (Å²) in [7, 11) is -1.61. The second kappa shape index (κ2) is 17.8. The number of nitrogens with zero attached hydrogens (tertiary/aromatic N) is 7. The lowest BCUT2D eigenvalue weighted by Crippen LogP contribution is -2.44. The summed E-state index contributed by atoms with van der Waals surface area (Å²) in [6.07, 6.45) is 13.0. The first-order chi connectivity index (χ1) is 27.7. The number of carbonyl (C=O) groups is 1. The van der Waals surface area contributed by atoms with Crippen LogP contribution >= 0.6 is 11.6 Å². The summed E-state index contributed by atoms with van der Waals surface area (Å²) >= 11 is 6.54. The highest BCUT2D eigenvalue weighted by atomic mass is 35.5. The molecule has 304 valence electrons. The van der Waals surface area contributed by atoms with Crippen LogP contribution in [0.15, 0.2) is 65.4 Å². The molecular weight excluding hydrogens is 764 g/mol. The molecule has 4 aliphatic rings. The molecule has 0 radical (unpaired) electrons. The van der Waals surface area contributed by atoms with Gasteiger partial charge in [0.05, 0.1) is 49.4 Å². The van der Waals surface area contributed by atoms with Crippen molar-refractivity contribution in [1.82, 2.24) is 24.6 Å². The Kier molecular flexibility index (Phi) is 12.4. The molecule has 0 spiro atoms. The molecule has 1 saturated heterocycles. The van der Waals surface area contributed by atoms with Crippen molar-refractivity contribution in [1.29, 1.82) is 0 Å². The van der Waals surface area contributed by atoms with E-state index in [2.05, 4.69) is 58.2 Å². The summed E-state index contributed by atoms with van der Waals surface area (Å²) in [5, 5.41) is 5.71. The minimum Gasteiger partial charge on any atom is -0.491 e. The standard InChI is InChI=1S/C42H53ClN8O5S/c1-29-6-5-8-38(56-21-17-50-15-19-54-20-16-50)35-13-10-33(35)25-51-24-32-9-12-34(43)22-30(32)7-3-4-18-55-39-14-11-31(23-37(39)51)42(52)48-57(53,27-29)47-41-36-26-49(2)46-40(36)44-28-45-41/h5,8-9,11-12,14,22-23,26,28-29,33,35,38H,3-4,6-7,10,13,15-21,24-25,27H2,1-2H3,(H,44,45,46,47,48,52,53)/b8-5+/t29-,33-,35+,38-,57?/m0/s1. The van der Waals surface area contributed by atoms with Crippen LogP contribution in [-0.2, 0) is 39.4 Å². The molecule has 2 fully saturated rings. The van der Waals surface area contributed by atoms with Gasteiger partial charge < -0.3 is 19.1 Å². The molecule has 5 heterocycles. The predicted octanol–water partition coefficient (Wildman–Crippen LogP) is 6.71. The van der Waals surface area contributed by atoms with E-state index in [4.69, 9.17) is 25.8 Å². The molecule has 1 unspecified atom stereocenters. The van der Waals surface area contributed by atoms with Crippen molar-refractivity contribution < 1.29 is 23.2 Å². The molecule has 4 aromatic rings. The first-order valence-corrected chi connectivity index (χ1v) is 22.3. The molecule has 3 aliphatic heterocycles. The van der Waals surface area contributed by atoms with Gasteiger partial charge in [0.1, 0.15) is 22.0 Å². The number of hydrogen-bond acceptors (Lipinski definition) is 10. The number of rotatable bonds is 6. The van der Waals surface area contributed by atoms with Crippen LogP contribution in [0.5, 0.6) is 5.75 Å². The summed E-state index contributed by atoms with van der Waals surface area (Å²) in [6.45, 7) is 8.78. The average molecular weight is 817 g/mol. The number of morpholine rings is 1. The van der Waals surface area contributed by atoms with Crippen LogP contribution in [0, 0.1) is 17.8 Å². The largest absolute Gasteiger partial charge is 0.491 e.